The molecular formula is C16H22N4O2S. The minimum absolute atomic E-state index is 0.0615. The normalized spacial score (nSPS) is 11.0. The molecule has 0 radical (unpaired) electrons. The number of hydrogen-bond acceptors (Lipinski definition) is 5. The molecule has 0 saturated heterocycles. The topological polar surface area (TPSA) is 69.0 Å². The second kappa shape index (κ2) is 8.69. The molecule has 1 N–H and O–H groups in total. The molecule has 0 atom stereocenters. The van der Waals surface area contributed by atoms with Crippen molar-refractivity contribution in [1.82, 2.24) is 14.8 Å². The van der Waals surface area contributed by atoms with Gasteiger partial charge in [-0.25, -0.2) is 0 Å². The molecule has 0 aliphatic rings. The number of carbonyl (C=O) groups excluding carboxylic acids is 1. The predicted molar refractivity (Wildman–Crippen MR) is 91.8 cm³/mol. The van der Waals surface area contributed by atoms with Crippen molar-refractivity contribution in [2.24, 2.45) is 0 Å². The number of anilines is 1. The number of ether oxygens (including phenoxy) is 1. The molecule has 1 heterocycles. The highest BCUT2D eigenvalue weighted by Gasteiger charge is 2.09. The molecule has 0 fully saturated rings. The Labute approximate surface area is 140 Å². The Balaban J connectivity index is 1.84. The molecule has 2 rings (SSSR count). The van der Waals surface area contributed by atoms with Crippen LogP contribution >= 0.6 is 11.8 Å². The fourth-order valence-electron chi connectivity index (χ4n) is 1.98. The predicted octanol–water partition coefficient (Wildman–Crippen LogP) is 2.78. The Kier molecular flexibility index (Phi) is 6.61. The van der Waals surface area contributed by atoms with Gasteiger partial charge in [-0.2, -0.15) is 0 Å². The van der Waals surface area contributed by atoms with E-state index in [4.69, 9.17) is 4.74 Å². The van der Waals surface area contributed by atoms with Crippen LogP contribution in [0.5, 0.6) is 0 Å². The maximum absolute atomic E-state index is 12.0. The van der Waals surface area contributed by atoms with Crippen LogP contribution in [-0.4, -0.2) is 40.1 Å². The second-order valence-electron chi connectivity index (χ2n) is 5.41. The van der Waals surface area contributed by atoms with E-state index in [1.54, 1.807) is 13.4 Å². The molecule has 0 aliphatic carbocycles. The van der Waals surface area contributed by atoms with Crippen molar-refractivity contribution < 1.29 is 9.53 Å². The van der Waals surface area contributed by atoms with Gasteiger partial charge in [-0.15, -0.1) is 10.2 Å². The van der Waals surface area contributed by atoms with E-state index in [1.165, 1.54) is 17.3 Å². The summed E-state index contributed by atoms with van der Waals surface area (Å²) in [6.45, 7) is 5.54. The van der Waals surface area contributed by atoms with Gasteiger partial charge in [0.2, 0.25) is 5.91 Å². The maximum atomic E-state index is 12.0. The number of thioether (sulfide) groups is 1. The molecule has 23 heavy (non-hydrogen) atoms. The van der Waals surface area contributed by atoms with Gasteiger partial charge in [-0.1, -0.05) is 37.7 Å². The van der Waals surface area contributed by atoms with Gasteiger partial charge in [0, 0.05) is 19.3 Å². The Morgan fingerprint density at radius 2 is 2.09 bits per heavy atom. The molecule has 7 heteroatoms. The Hall–Kier alpha value is -1.86. The van der Waals surface area contributed by atoms with Gasteiger partial charge in [0.1, 0.15) is 6.33 Å². The van der Waals surface area contributed by atoms with Crippen LogP contribution in [0.2, 0.25) is 0 Å². The fraction of sp³-hybridized carbons (Fsp3) is 0.438. The Morgan fingerprint density at radius 3 is 2.74 bits per heavy atom. The highest BCUT2D eigenvalue weighted by atomic mass is 32.2. The SMILES string of the molecule is COCCn1cnnc1SCC(=O)Nc1ccc(C(C)C)cc1. The Bertz CT molecular complexity index is 625. The van der Waals surface area contributed by atoms with Crippen molar-refractivity contribution in [3.05, 3.63) is 36.2 Å². The summed E-state index contributed by atoms with van der Waals surface area (Å²) < 4.78 is 6.91. The number of hydrogen-bond donors (Lipinski definition) is 1. The van der Waals surface area contributed by atoms with Crippen LogP contribution < -0.4 is 5.32 Å². The van der Waals surface area contributed by atoms with Gasteiger partial charge < -0.3 is 14.6 Å². The van der Waals surface area contributed by atoms with E-state index < -0.39 is 0 Å². The molecule has 6 nitrogen and oxygen atoms in total. The second-order valence-corrected chi connectivity index (χ2v) is 6.36. The number of nitrogens with zero attached hydrogens (tertiary/aromatic N) is 3. The molecule has 0 aliphatic heterocycles. The first-order chi connectivity index (χ1) is 11.1. The average molecular weight is 334 g/mol. The lowest BCUT2D eigenvalue weighted by Gasteiger charge is -2.08. The van der Waals surface area contributed by atoms with E-state index in [2.05, 4.69) is 29.4 Å². The molecule has 1 aromatic carbocycles. The summed E-state index contributed by atoms with van der Waals surface area (Å²) in [6, 6.07) is 7.93. The first-order valence-corrected chi connectivity index (χ1v) is 8.48. The molecule has 0 bridgehead atoms. The van der Waals surface area contributed by atoms with Crippen molar-refractivity contribution in [2.75, 3.05) is 24.8 Å². The summed E-state index contributed by atoms with van der Waals surface area (Å²) >= 11 is 1.36. The van der Waals surface area contributed by atoms with Gasteiger partial charge in [-0.3, -0.25) is 4.79 Å². The van der Waals surface area contributed by atoms with Crippen molar-refractivity contribution in [3.8, 4) is 0 Å². The number of methoxy groups -OCH3 is 1. The molecule has 2 aromatic rings. The van der Waals surface area contributed by atoms with E-state index in [1.807, 2.05) is 28.8 Å². The van der Waals surface area contributed by atoms with Crippen LogP contribution in [-0.2, 0) is 16.1 Å². The van der Waals surface area contributed by atoms with Crippen LogP contribution in [0.15, 0.2) is 35.7 Å². The molecule has 1 amide bonds. The third-order valence-electron chi connectivity index (χ3n) is 3.31. The van der Waals surface area contributed by atoms with Crippen molar-refractivity contribution in [1.29, 1.82) is 0 Å². The van der Waals surface area contributed by atoms with Crippen LogP contribution in [0.1, 0.15) is 25.3 Å². The molecule has 0 unspecified atom stereocenters. The van der Waals surface area contributed by atoms with E-state index in [0.29, 0.717) is 24.2 Å². The maximum Gasteiger partial charge on any atom is 0.234 e. The van der Waals surface area contributed by atoms with E-state index >= 15 is 0 Å². The number of rotatable bonds is 8. The lowest BCUT2D eigenvalue weighted by atomic mass is 10.0. The summed E-state index contributed by atoms with van der Waals surface area (Å²) in [7, 11) is 1.65. The third kappa shape index (κ3) is 5.37. The monoisotopic (exact) mass is 334 g/mol. The van der Waals surface area contributed by atoms with Crippen LogP contribution in [0.25, 0.3) is 0 Å². The summed E-state index contributed by atoms with van der Waals surface area (Å²) in [5, 5.41) is 11.5. The lowest BCUT2D eigenvalue weighted by Crippen LogP contribution is -2.15. The first-order valence-electron chi connectivity index (χ1n) is 7.49. The minimum Gasteiger partial charge on any atom is -0.383 e. The summed E-state index contributed by atoms with van der Waals surface area (Å²) in [4.78, 5) is 12.0. The number of aromatic nitrogens is 3. The van der Waals surface area contributed by atoms with Gasteiger partial charge in [0.05, 0.1) is 12.4 Å². The summed E-state index contributed by atoms with van der Waals surface area (Å²) in [5.74, 6) is 0.708. The molecule has 124 valence electrons. The zero-order valence-electron chi connectivity index (χ0n) is 13.7. The quantitative estimate of drug-likeness (QED) is 0.752. The number of benzene rings is 1. The number of carbonyl (C=O) groups is 1. The van der Waals surface area contributed by atoms with Crippen molar-refractivity contribution in [2.45, 2.75) is 31.5 Å². The molecule has 1 aromatic heterocycles. The first kappa shape index (κ1) is 17.5. The largest absolute Gasteiger partial charge is 0.383 e. The fourth-order valence-corrected chi connectivity index (χ4v) is 2.72. The van der Waals surface area contributed by atoms with E-state index in [-0.39, 0.29) is 11.7 Å². The average Bonchev–Trinajstić information content (AvgIpc) is 2.99. The standard InChI is InChI=1S/C16H22N4O2S/c1-12(2)13-4-6-14(7-5-13)18-15(21)10-23-16-19-17-11-20(16)8-9-22-3/h4-7,11-12H,8-10H2,1-3H3,(H,18,21). The highest BCUT2D eigenvalue weighted by Crippen LogP contribution is 2.18. The number of nitrogens with one attached hydrogen (secondary N) is 1. The third-order valence-corrected chi connectivity index (χ3v) is 4.29. The summed E-state index contributed by atoms with van der Waals surface area (Å²) in [5.41, 5.74) is 2.06. The highest BCUT2D eigenvalue weighted by molar-refractivity contribution is 7.99. The molecular weight excluding hydrogens is 312 g/mol. The van der Waals surface area contributed by atoms with Gasteiger partial charge in [0.25, 0.3) is 0 Å². The van der Waals surface area contributed by atoms with Gasteiger partial charge in [-0.05, 0) is 23.6 Å². The number of amides is 1. The van der Waals surface area contributed by atoms with Gasteiger partial charge in [0.15, 0.2) is 5.16 Å². The van der Waals surface area contributed by atoms with Crippen LogP contribution in [0.4, 0.5) is 5.69 Å². The van der Waals surface area contributed by atoms with E-state index in [9.17, 15) is 4.79 Å². The lowest BCUT2D eigenvalue weighted by molar-refractivity contribution is -0.113. The van der Waals surface area contributed by atoms with Crippen molar-refractivity contribution in [3.63, 3.8) is 0 Å². The van der Waals surface area contributed by atoms with E-state index in [0.717, 1.165) is 5.69 Å². The van der Waals surface area contributed by atoms with Gasteiger partial charge >= 0.3 is 0 Å². The minimum atomic E-state index is -0.0615. The Morgan fingerprint density at radius 1 is 1.35 bits per heavy atom. The zero-order valence-corrected chi connectivity index (χ0v) is 14.5. The summed E-state index contributed by atoms with van der Waals surface area (Å²) in [6.07, 6.45) is 1.64. The molecule has 0 saturated carbocycles. The van der Waals surface area contributed by atoms with Crippen LogP contribution in [0.3, 0.4) is 0 Å². The molecule has 0 spiro atoms. The van der Waals surface area contributed by atoms with Crippen molar-refractivity contribution >= 4 is 23.4 Å². The van der Waals surface area contributed by atoms with Crippen LogP contribution in [0, 0.1) is 0 Å². The zero-order chi connectivity index (χ0) is 16.7. The smallest absolute Gasteiger partial charge is 0.234 e.